The van der Waals surface area contributed by atoms with Crippen molar-refractivity contribution in [1.82, 2.24) is 31.9 Å². The van der Waals surface area contributed by atoms with Crippen LogP contribution in [-0.2, 0) is 91.2 Å². The molecule has 1 aliphatic heterocycles. The number of aliphatic carboxylic acids is 1. The molecule has 0 unspecified atom stereocenters. The fraction of sp³-hybridized carbons (Fsp3) is 0.586. The summed E-state index contributed by atoms with van der Waals surface area (Å²) in [6, 6.07) is 14.6. The molecule has 0 radical (unpaired) electrons. The van der Waals surface area contributed by atoms with E-state index in [0.717, 1.165) is 11.8 Å². The number of benzene rings is 3. The van der Waals surface area contributed by atoms with E-state index in [0.29, 0.717) is 29.5 Å². The Kier molecular flexibility index (Phi) is 44.9. The maximum Gasteiger partial charge on any atom is 0.305 e. The number of carbonyl (C=O) groups is 15. The third-order valence-electron chi connectivity index (χ3n) is 21.9. The Bertz CT molecular complexity index is 4010. The smallest absolute Gasteiger partial charge is 0.305 e. The Balaban J connectivity index is 2.00. The number of primary amides is 1. The average Bonchev–Trinajstić information content (AvgIpc) is 0.836. The van der Waals surface area contributed by atoms with Crippen molar-refractivity contribution in [2.24, 2.45) is 104 Å². The van der Waals surface area contributed by atoms with Crippen molar-refractivity contribution < 1.29 is 82.1 Å². The molecule has 1 heterocycles. The molecule has 0 bridgehead atoms. The molecule has 0 aliphatic carbocycles. The van der Waals surface area contributed by atoms with Crippen molar-refractivity contribution in [1.29, 1.82) is 5.41 Å². The number of aliphatic imine (C=N–C) groups is 2. The van der Waals surface area contributed by atoms with Gasteiger partial charge in [0, 0.05) is 112 Å². The van der Waals surface area contributed by atoms with Gasteiger partial charge in [-0.2, -0.15) is 0 Å². The van der Waals surface area contributed by atoms with Crippen LogP contribution in [0.25, 0.3) is 0 Å². The number of amidine groups is 1. The molecule has 21 N–H and O–H groups in total. The number of carboxylic acids is 1. The lowest BCUT2D eigenvalue weighted by Gasteiger charge is -2.29. The third kappa shape index (κ3) is 37.7. The second-order valence-corrected chi connectivity index (χ2v) is 33.5. The molecule has 32 nitrogen and oxygen atoms in total. The normalized spacial score (nSPS) is 23.4. The van der Waals surface area contributed by atoms with E-state index in [9.17, 15) is 53.4 Å². The Morgan fingerprint density at radius 3 is 1.49 bits per heavy atom. The molecular weight excluding hydrogens is 1560 g/mol. The summed E-state index contributed by atoms with van der Waals surface area (Å²) in [7, 11) is 0. The predicted octanol–water partition coefficient (Wildman–Crippen LogP) is 5.24. The summed E-state index contributed by atoms with van der Waals surface area (Å²) >= 11 is 0.901. The first-order chi connectivity index (χ1) is 56.8. The number of thioether (sulfide) groups is 1. The van der Waals surface area contributed by atoms with Crippen LogP contribution in [0.4, 0.5) is 0 Å². The largest absolute Gasteiger partial charge is 0.508 e. The first-order valence-corrected chi connectivity index (χ1v) is 42.8. The van der Waals surface area contributed by atoms with Crippen molar-refractivity contribution in [3.05, 3.63) is 102 Å². The Labute approximate surface area is 708 Å². The van der Waals surface area contributed by atoms with Gasteiger partial charge in [0.15, 0.2) is 40.8 Å². The van der Waals surface area contributed by atoms with Crippen LogP contribution in [-0.4, -0.2) is 177 Å². The highest BCUT2D eigenvalue weighted by molar-refractivity contribution is 8.00. The van der Waals surface area contributed by atoms with Crippen molar-refractivity contribution >= 4 is 117 Å². The molecule has 0 spiro atoms. The quantitative estimate of drug-likeness (QED) is 0.0216. The number of carboxylic acid groups (broad SMARTS) is 1. The van der Waals surface area contributed by atoms with Crippen LogP contribution in [0.15, 0.2) is 94.9 Å². The fourth-order valence-electron chi connectivity index (χ4n) is 14.5. The molecule has 0 saturated carbocycles. The number of nitrogens with one attached hydrogen (secondary N) is 7. The maximum atomic E-state index is 15.3. The van der Waals surface area contributed by atoms with E-state index in [1.54, 1.807) is 107 Å². The van der Waals surface area contributed by atoms with Crippen LogP contribution < -0.4 is 66.3 Å². The zero-order chi connectivity index (χ0) is 89.3. The topological polar surface area (TPSA) is 573 Å². The predicted molar refractivity (Wildman–Crippen MR) is 459 cm³/mol. The maximum absolute atomic E-state index is 15.3. The van der Waals surface area contributed by atoms with Gasteiger partial charge in [0.05, 0.1) is 48.2 Å². The summed E-state index contributed by atoms with van der Waals surface area (Å²) < 4.78 is 0. The SMILES string of the molecule is CC[C@H](C)[C@@H]1CC(=O)[C@H](Cc2ccc(O)cc2)CC(=O)[C@H]([C@@H](C)CC)NC(=O)[C@H](CC(C)C)CC(=O)[C@H](Cc2ccccc2)NC(=O)CSC[C@@H](C(=O)CCC(N)=O)NC(=O)[C@H](CCCN=C(N)N)CC(=O)[C@H](Cc2ccccc2)NC(=O)[C@H](C(C)C)CC(=O)[C@H](CCCN=C(N)N)NC(=O)[C@H](CC(=O)O)NC(=O)[C@H](CCCCC(=N)N)CC1=O. The molecule has 7 amide bonds. The molecule has 1 aliphatic rings. The summed E-state index contributed by atoms with van der Waals surface area (Å²) in [6.45, 7) is 14.0. The van der Waals surface area contributed by atoms with Gasteiger partial charge >= 0.3 is 5.97 Å². The monoisotopic (exact) mass is 1690 g/mol. The van der Waals surface area contributed by atoms with E-state index in [1.807, 2.05) is 20.8 Å². The lowest BCUT2D eigenvalue weighted by atomic mass is 9.76. The first-order valence-electron chi connectivity index (χ1n) is 41.7. The molecule has 4 rings (SSSR count). The van der Waals surface area contributed by atoms with E-state index in [4.69, 9.17) is 39.8 Å². The van der Waals surface area contributed by atoms with Crippen LogP contribution in [0.1, 0.15) is 200 Å². The number of unbranched alkanes of at least 4 members (excludes halogenated alkanes) is 1. The van der Waals surface area contributed by atoms with Gasteiger partial charge in [-0.1, -0.05) is 147 Å². The van der Waals surface area contributed by atoms with Gasteiger partial charge in [-0.3, -0.25) is 87.3 Å². The van der Waals surface area contributed by atoms with Gasteiger partial charge in [0.2, 0.25) is 41.4 Å². The van der Waals surface area contributed by atoms with Gasteiger partial charge in [-0.25, -0.2) is 0 Å². The Morgan fingerprint density at radius 1 is 0.475 bits per heavy atom. The number of hydrogen-bond donors (Lipinski definition) is 15. The van der Waals surface area contributed by atoms with Crippen LogP contribution in [0.2, 0.25) is 0 Å². The zero-order valence-electron chi connectivity index (χ0n) is 70.7. The van der Waals surface area contributed by atoms with E-state index in [2.05, 4.69) is 41.9 Å². The second-order valence-electron chi connectivity index (χ2n) is 32.5. The van der Waals surface area contributed by atoms with E-state index >= 15 is 28.8 Å². The molecule has 3 aromatic rings. The highest BCUT2D eigenvalue weighted by Gasteiger charge is 2.41. The molecule has 14 atom stereocenters. The summed E-state index contributed by atoms with van der Waals surface area (Å²) in [5.41, 5.74) is 35.6. The summed E-state index contributed by atoms with van der Waals surface area (Å²) in [5.74, 6) is -22.2. The Morgan fingerprint density at radius 2 is 0.958 bits per heavy atom. The minimum atomic E-state index is -1.91. The molecule has 660 valence electrons. The number of amides is 7. The molecule has 0 aromatic heterocycles. The van der Waals surface area contributed by atoms with Crippen molar-refractivity contribution in [3.63, 3.8) is 0 Å². The number of hydrogen-bond acceptors (Lipinski definition) is 20. The number of phenolic OH excluding ortho intramolecular Hbond substituents is 1. The molecule has 33 heteroatoms. The standard InChI is InChI=1S/C87H129N15O17S/c1-9-52(7)63-46-70(105)59(38-56-29-31-61(103)32-30-56)43-75(110)80(53(8)10-2)102-83(117)60(37-50(3)4)44-73(108)65(39-54-21-13-11-14-22-54)97-78(112)49-120-48-68(69(104)33-34-77(90)111)101-82(116)58(26-19-35-95-86(91)92)42-72(107)66(40-55-23-15-12-16-24-55)99-84(118)62(51(5)6)45-74(109)64(27-20-36-96-87(93)94)98-85(119)67(47-79(113)114)100-81(115)57(41-71(63)106)25-17-18-28-76(88)89/h11-16,21-24,29-32,50-53,57-60,62-68,80,103H,9-10,17-20,25-28,33-49H2,1-8H3,(H3,88,89)(H2,90,111)(H,97,112)(H,98,119)(H,99,118)(H,100,115)(H,101,116)(H,102,117)(H,113,114)(H4,91,92,95)(H4,93,94,96)/t52-,53-,57+,58+,59+,60+,62-,63-,64-,65-,66-,67-,68-,80-/m0/s1. The molecule has 120 heavy (non-hydrogen) atoms. The number of aromatic hydroxyl groups is 1. The van der Waals surface area contributed by atoms with Crippen molar-refractivity contribution in [2.45, 2.75) is 239 Å². The number of nitrogens with zero attached hydrogens (tertiary/aromatic N) is 2. The number of nitrogens with two attached hydrogens (primary N) is 6. The van der Waals surface area contributed by atoms with Gasteiger partial charge in [0.1, 0.15) is 23.4 Å². The summed E-state index contributed by atoms with van der Waals surface area (Å²) in [6.07, 6.45) is -3.92. The van der Waals surface area contributed by atoms with Gasteiger partial charge in [-0.05, 0) is 117 Å². The average molecular weight is 1690 g/mol. The van der Waals surface area contributed by atoms with Gasteiger partial charge in [0.25, 0.3) is 0 Å². The number of guanidine groups is 2. The minimum absolute atomic E-state index is 0.00913. The second kappa shape index (κ2) is 53.0. The lowest BCUT2D eigenvalue weighted by Crippen LogP contribution is -2.54. The summed E-state index contributed by atoms with van der Waals surface area (Å²) in [5, 5.41) is 45.1. The number of Topliss-reactive ketones (excluding diaryl/α,β-unsaturated/α-hetero) is 7. The molecule has 1 saturated heterocycles. The minimum Gasteiger partial charge on any atom is -0.508 e. The molecule has 1 fully saturated rings. The van der Waals surface area contributed by atoms with Crippen molar-refractivity contribution in [3.8, 4) is 5.75 Å². The van der Waals surface area contributed by atoms with Gasteiger partial charge < -0.3 is 76.5 Å². The Hall–Kier alpha value is -10.7. The summed E-state index contributed by atoms with van der Waals surface area (Å²) in [4.78, 5) is 227. The number of ketones is 7. The lowest BCUT2D eigenvalue weighted by molar-refractivity contribution is -0.142. The van der Waals surface area contributed by atoms with Crippen LogP contribution in [0.3, 0.4) is 0 Å². The fourth-order valence-corrected chi connectivity index (χ4v) is 15.4. The van der Waals surface area contributed by atoms with E-state index in [-0.39, 0.29) is 125 Å². The highest BCUT2D eigenvalue weighted by Crippen LogP contribution is 2.31. The van der Waals surface area contributed by atoms with Crippen LogP contribution in [0, 0.1) is 64.6 Å². The van der Waals surface area contributed by atoms with Crippen LogP contribution in [0.5, 0.6) is 5.75 Å². The van der Waals surface area contributed by atoms with E-state index in [1.165, 1.54) is 12.1 Å². The first kappa shape index (κ1) is 102. The van der Waals surface area contributed by atoms with Crippen molar-refractivity contribution in [2.75, 3.05) is 24.6 Å². The molecular formula is C87H129N15O17S. The third-order valence-corrected chi connectivity index (χ3v) is 22.9. The van der Waals surface area contributed by atoms with Crippen LogP contribution >= 0.6 is 11.8 Å². The number of phenols is 1. The highest BCUT2D eigenvalue weighted by atomic mass is 32.2. The molecule has 3 aromatic carbocycles. The number of carbonyl (C=O) groups excluding carboxylic acids is 14. The number of rotatable bonds is 32. The zero-order valence-corrected chi connectivity index (χ0v) is 71.5. The van der Waals surface area contributed by atoms with E-state index < -0.39 is 241 Å². The van der Waals surface area contributed by atoms with Gasteiger partial charge in [-0.15, -0.1) is 11.8 Å².